The van der Waals surface area contributed by atoms with Crippen LogP contribution in [0.2, 0.25) is 5.02 Å². The first-order valence-electron chi connectivity index (χ1n) is 7.97. The van der Waals surface area contributed by atoms with Gasteiger partial charge in [-0.15, -0.1) is 10.2 Å². The van der Waals surface area contributed by atoms with Gasteiger partial charge < -0.3 is 9.30 Å². The number of hydrogen-bond donors (Lipinski definition) is 0. The first-order chi connectivity index (χ1) is 12.6. The van der Waals surface area contributed by atoms with E-state index in [0.29, 0.717) is 28.0 Å². The number of hydrogen-bond acceptors (Lipinski definition) is 6. The highest BCUT2D eigenvalue weighted by Gasteiger charge is 2.16. The van der Waals surface area contributed by atoms with Crippen molar-refractivity contribution in [3.63, 3.8) is 0 Å². The van der Waals surface area contributed by atoms with E-state index in [9.17, 15) is 4.79 Å². The predicted molar refractivity (Wildman–Crippen MR) is 102 cm³/mol. The van der Waals surface area contributed by atoms with E-state index in [0.717, 1.165) is 11.4 Å². The molecule has 3 aromatic rings. The normalized spacial score (nSPS) is 10.7. The van der Waals surface area contributed by atoms with E-state index < -0.39 is 0 Å². The molecule has 0 aliphatic heterocycles. The zero-order valence-electron chi connectivity index (χ0n) is 14.3. The van der Waals surface area contributed by atoms with Gasteiger partial charge in [-0.1, -0.05) is 23.4 Å². The third-order valence-corrected chi connectivity index (χ3v) is 5.04. The molecule has 0 aliphatic rings. The van der Waals surface area contributed by atoms with Gasteiger partial charge in [-0.25, -0.2) is 0 Å². The van der Waals surface area contributed by atoms with Crippen LogP contribution in [0.1, 0.15) is 17.3 Å². The highest BCUT2D eigenvalue weighted by Crippen LogP contribution is 2.27. The molecule has 0 saturated carbocycles. The Morgan fingerprint density at radius 3 is 2.65 bits per heavy atom. The second-order valence-corrected chi connectivity index (χ2v) is 6.70. The van der Waals surface area contributed by atoms with E-state index in [1.165, 1.54) is 18.9 Å². The number of ether oxygens (including phenoxy) is 1. The fourth-order valence-electron chi connectivity index (χ4n) is 2.45. The molecule has 0 fully saturated rings. The molecule has 0 radical (unpaired) electrons. The highest BCUT2D eigenvalue weighted by atomic mass is 35.5. The lowest BCUT2D eigenvalue weighted by Crippen LogP contribution is -2.05. The molecule has 2 aromatic heterocycles. The average Bonchev–Trinajstić information content (AvgIpc) is 3.09. The molecule has 26 heavy (non-hydrogen) atoms. The third kappa shape index (κ3) is 3.89. The Balaban J connectivity index is 1.75. The van der Waals surface area contributed by atoms with Crippen LogP contribution in [0.25, 0.3) is 11.4 Å². The van der Waals surface area contributed by atoms with Crippen LogP contribution in [0.15, 0.2) is 47.9 Å². The van der Waals surface area contributed by atoms with Gasteiger partial charge in [0.25, 0.3) is 0 Å². The number of halogens is 1. The zero-order valence-corrected chi connectivity index (χ0v) is 15.9. The van der Waals surface area contributed by atoms with E-state index in [4.69, 9.17) is 16.3 Å². The zero-order chi connectivity index (χ0) is 18.5. The summed E-state index contributed by atoms with van der Waals surface area (Å²) in [6, 6.07) is 8.79. The number of ketones is 1. The summed E-state index contributed by atoms with van der Waals surface area (Å²) < 4.78 is 7.09. The molecule has 0 amide bonds. The van der Waals surface area contributed by atoms with Gasteiger partial charge in [-0.2, -0.15) is 0 Å². The van der Waals surface area contributed by atoms with Crippen molar-refractivity contribution >= 4 is 29.1 Å². The molecular weight excluding hydrogens is 372 g/mol. The summed E-state index contributed by atoms with van der Waals surface area (Å²) in [4.78, 5) is 16.5. The lowest BCUT2D eigenvalue weighted by molar-refractivity contribution is 0.102. The Bertz CT molecular complexity index is 915. The number of carbonyl (C=O) groups excluding carboxylic acids is 1. The topological polar surface area (TPSA) is 69.9 Å². The molecule has 8 heteroatoms. The molecule has 0 bridgehead atoms. The average molecular weight is 389 g/mol. The van der Waals surface area contributed by atoms with E-state index in [1.54, 1.807) is 30.6 Å². The van der Waals surface area contributed by atoms with Crippen molar-refractivity contribution in [2.45, 2.75) is 18.6 Å². The monoisotopic (exact) mass is 388 g/mol. The number of carbonyl (C=O) groups is 1. The maximum absolute atomic E-state index is 12.5. The Morgan fingerprint density at radius 1 is 1.23 bits per heavy atom. The minimum absolute atomic E-state index is 0.0318. The number of Topliss-reactive ketones (excluding diaryl/α,β-unsaturated/α-hetero) is 1. The van der Waals surface area contributed by atoms with Gasteiger partial charge in [-0.05, 0) is 37.3 Å². The van der Waals surface area contributed by atoms with Crippen LogP contribution in [-0.4, -0.2) is 38.4 Å². The standard InChI is InChI=1S/C18H17ClN4O2S/c1-3-23-17(12-6-8-20-9-7-12)21-22-18(23)26-11-15(24)13-4-5-16(25-2)14(19)10-13/h4-10H,3,11H2,1-2H3. The molecule has 0 N–H and O–H groups in total. The summed E-state index contributed by atoms with van der Waals surface area (Å²) in [5, 5.41) is 9.61. The number of benzene rings is 1. The van der Waals surface area contributed by atoms with Crippen LogP contribution in [-0.2, 0) is 6.54 Å². The van der Waals surface area contributed by atoms with Crippen molar-refractivity contribution in [1.29, 1.82) is 0 Å². The Labute approximate surface area is 160 Å². The second-order valence-electron chi connectivity index (χ2n) is 5.35. The lowest BCUT2D eigenvalue weighted by atomic mass is 10.1. The van der Waals surface area contributed by atoms with Gasteiger partial charge in [0.05, 0.1) is 17.9 Å². The quantitative estimate of drug-likeness (QED) is 0.450. The van der Waals surface area contributed by atoms with Gasteiger partial charge in [0, 0.05) is 30.1 Å². The number of rotatable bonds is 7. The van der Waals surface area contributed by atoms with Crippen LogP contribution < -0.4 is 4.74 Å². The second kappa shape index (κ2) is 8.33. The summed E-state index contributed by atoms with van der Waals surface area (Å²) in [5.41, 5.74) is 1.48. The highest BCUT2D eigenvalue weighted by molar-refractivity contribution is 7.99. The van der Waals surface area contributed by atoms with Crippen LogP contribution in [0.4, 0.5) is 0 Å². The number of methoxy groups -OCH3 is 1. The van der Waals surface area contributed by atoms with Crippen LogP contribution in [0.3, 0.4) is 0 Å². The van der Waals surface area contributed by atoms with E-state index >= 15 is 0 Å². The maximum Gasteiger partial charge on any atom is 0.191 e. The van der Waals surface area contributed by atoms with Gasteiger partial charge in [0.15, 0.2) is 16.8 Å². The first kappa shape index (κ1) is 18.4. The maximum atomic E-state index is 12.5. The van der Waals surface area contributed by atoms with Gasteiger partial charge in [0.2, 0.25) is 0 Å². The van der Waals surface area contributed by atoms with Crippen molar-refractivity contribution in [3.8, 4) is 17.1 Å². The molecule has 2 heterocycles. The molecule has 134 valence electrons. The van der Waals surface area contributed by atoms with Crippen LogP contribution >= 0.6 is 23.4 Å². The molecule has 1 aromatic carbocycles. The summed E-state index contributed by atoms with van der Waals surface area (Å²) >= 11 is 7.45. The van der Waals surface area contributed by atoms with Crippen molar-refractivity contribution in [2.24, 2.45) is 0 Å². The molecule has 0 unspecified atom stereocenters. The van der Waals surface area contributed by atoms with E-state index in [1.807, 2.05) is 23.6 Å². The lowest BCUT2D eigenvalue weighted by Gasteiger charge is -2.08. The van der Waals surface area contributed by atoms with Crippen molar-refractivity contribution in [3.05, 3.63) is 53.3 Å². The van der Waals surface area contributed by atoms with E-state index in [2.05, 4.69) is 15.2 Å². The number of aromatic nitrogens is 4. The fourth-order valence-corrected chi connectivity index (χ4v) is 3.60. The predicted octanol–water partition coefficient (Wildman–Crippen LogP) is 4.00. The Hall–Kier alpha value is -2.38. The Kier molecular flexibility index (Phi) is 5.90. The molecule has 0 saturated heterocycles. The minimum atomic E-state index is -0.0318. The van der Waals surface area contributed by atoms with Gasteiger partial charge in [-0.3, -0.25) is 9.78 Å². The summed E-state index contributed by atoms with van der Waals surface area (Å²) in [5.74, 6) is 1.52. The molecular formula is C18H17ClN4O2S. The summed E-state index contributed by atoms with van der Waals surface area (Å²) in [6.07, 6.45) is 3.43. The largest absolute Gasteiger partial charge is 0.495 e. The summed E-state index contributed by atoms with van der Waals surface area (Å²) in [6.45, 7) is 2.72. The van der Waals surface area contributed by atoms with Crippen molar-refractivity contribution in [1.82, 2.24) is 19.7 Å². The fraction of sp³-hybridized carbons (Fsp3) is 0.222. The number of thioether (sulfide) groups is 1. The molecule has 6 nitrogen and oxygen atoms in total. The Morgan fingerprint density at radius 2 is 2.00 bits per heavy atom. The van der Waals surface area contributed by atoms with E-state index in [-0.39, 0.29) is 11.5 Å². The smallest absolute Gasteiger partial charge is 0.191 e. The molecule has 0 spiro atoms. The van der Waals surface area contributed by atoms with Crippen LogP contribution in [0.5, 0.6) is 5.75 Å². The van der Waals surface area contributed by atoms with Gasteiger partial charge >= 0.3 is 0 Å². The first-order valence-corrected chi connectivity index (χ1v) is 9.33. The van der Waals surface area contributed by atoms with Crippen molar-refractivity contribution < 1.29 is 9.53 Å². The molecule has 3 rings (SSSR count). The molecule has 0 aliphatic carbocycles. The van der Waals surface area contributed by atoms with Crippen molar-refractivity contribution in [2.75, 3.05) is 12.9 Å². The number of pyridine rings is 1. The van der Waals surface area contributed by atoms with Gasteiger partial charge in [0.1, 0.15) is 5.75 Å². The third-order valence-electron chi connectivity index (χ3n) is 3.78. The SMILES string of the molecule is CCn1c(SCC(=O)c2ccc(OC)c(Cl)c2)nnc1-c1ccncc1. The van der Waals surface area contributed by atoms with Crippen LogP contribution in [0, 0.1) is 0 Å². The number of nitrogens with zero attached hydrogens (tertiary/aromatic N) is 4. The molecule has 0 atom stereocenters. The summed E-state index contributed by atoms with van der Waals surface area (Å²) in [7, 11) is 1.54. The minimum Gasteiger partial charge on any atom is -0.495 e.